The second-order valence-electron chi connectivity index (χ2n) is 6.78. The molecule has 17 heavy (non-hydrogen) atoms. The Kier molecular flexibility index (Phi) is 2.96. The molecular weight excluding hydrogens is 214 g/mol. The van der Waals surface area contributed by atoms with Crippen LogP contribution in [0.2, 0.25) is 0 Å². The molecule has 0 bridgehead atoms. The van der Waals surface area contributed by atoms with Crippen molar-refractivity contribution in [1.29, 1.82) is 0 Å². The maximum Gasteiger partial charge on any atom is 0.0645 e. The summed E-state index contributed by atoms with van der Waals surface area (Å²) in [5.41, 5.74) is 0.612. The highest BCUT2D eigenvalue weighted by Crippen LogP contribution is 2.43. The highest BCUT2D eigenvalue weighted by atomic mass is 16.5. The monoisotopic (exact) mass is 239 g/mol. The van der Waals surface area contributed by atoms with E-state index in [1.54, 1.807) is 0 Å². The zero-order chi connectivity index (χ0) is 11.9. The van der Waals surface area contributed by atoms with E-state index in [-0.39, 0.29) is 5.60 Å². The molecule has 3 heterocycles. The summed E-state index contributed by atoms with van der Waals surface area (Å²) >= 11 is 0. The minimum atomic E-state index is 0.115. The zero-order valence-electron chi connectivity index (χ0n) is 11.2. The van der Waals surface area contributed by atoms with Gasteiger partial charge in [0.15, 0.2) is 0 Å². The van der Waals surface area contributed by atoms with Crippen molar-refractivity contribution < 1.29 is 9.47 Å². The normalized spacial score (nSPS) is 33.5. The van der Waals surface area contributed by atoms with Crippen LogP contribution in [0, 0.1) is 5.41 Å². The van der Waals surface area contributed by atoms with Crippen molar-refractivity contribution in [3.8, 4) is 0 Å². The number of hydrogen-bond donors (Lipinski definition) is 0. The lowest BCUT2D eigenvalue weighted by atomic mass is 9.71. The Bertz CT molecular complexity index is 266. The number of likely N-dealkylation sites (tertiary alicyclic amines) is 1. The Labute approximate surface area is 104 Å². The summed E-state index contributed by atoms with van der Waals surface area (Å²) in [7, 11) is 0. The summed E-state index contributed by atoms with van der Waals surface area (Å²) in [4.78, 5) is 2.62. The molecule has 3 aliphatic rings. The molecule has 0 atom stereocenters. The Balaban J connectivity index is 1.53. The molecule has 3 heteroatoms. The predicted molar refractivity (Wildman–Crippen MR) is 67.1 cm³/mol. The molecule has 0 aromatic heterocycles. The van der Waals surface area contributed by atoms with Crippen LogP contribution in [0.1, 0.15) is 39.5 Å². The van der Waals surface area contributed by atoms with Crippen molar-refractivity contribution in [3.05, 3.63) is 0 Å². The van der Waals surface area contributed by atoms with E-state index >= 15 is 0 Å². The SMILES string of the molecule is CC1(C)CCC2(CCN(C3COC3)CC2)CO1. The van der Waals surface area contributed by atoms with E-state index < -0.39 is 0 Å². The van der Waals surface area contributed by atoms with Gasteiger partial charge in [0, 0.05) is 0 Å². The van der Waals surface area contributed by atoms with Gasteiger partial charge in [0.1, 0.15) is 0 Å². The molecule has 3 aliphatic heterocycles. The number of nitrogens with zero attached hydrogens (tertiary/aromatic N) is 1. The Hall–Kier alpha value is -0.120. The second-order valence-corrected chi connectivity index (χ2v) is 6.78. The quantitative estimate of drug-likeness (QED) is 0.699. The topological polar surface area (TPSA) is 21.7 Å². The minimum absolute atomic E-state index is 0.115. The molecule has 0 unspecified atom stereocenters. The van der Waals surface area contributed by atoms with E-state index in [9.17, 15) is 0 Å². The van der Waals surface area contributed by atoms with Gasteiger partial charge in [-0.1, -0.05) is 0 Å². The van der Waals surface area contributed by atoms with Gasteiger partial charge in [-0.3, -0.25) is 4.90 Å². The minimum Gasteiger partial charge on any atom is -0.378 e. The third-order valence-electron chi connectivity index (χ3n) is 5.02. The fourth-order valence-electron chi connectivity index (χ4n) is 3.25. The van der Waals surface area contributed by atoms with Gasteiger partial charge in [-0.25, -0.2) is 0 Å². The summed E-state index contributed by atoms with van der Waals surface area (Å²) in [5, 5.41) is 0. The molecule has 0 N–H and O–H groups in total. The van der Waals surface area contributed by atoms with Gasteiger partial charge in [-0.05, 0) is 58.0 Å². The second kappa shape index (κ2) is 4.22. The van der Waals surface area contributed by atoms with Crippen molar-refractivity contribution in [2.24, 2.45) is 5.41 Å². The van der Waals surface area contributed by atoms with Crippen LogP contribution in [0.4, 0.5) is 0 Å². The smallest absolute Gasteiger partial charge is 0.0645 e. The van der Waals surface area contributed by atoms with E-state index in [0.29, 0.717) is 11.5 Å². The molecule has 3 nitrogen and oxygen atoms in total. The highest BCUT2D eigenvalue weighted by Gasteiger charge is 2.42. The summed E-state index contributed by atoms with van der Waals surface area (Å²) < 4.78 is 11.3. The van der Waals surface area contributed by atoms with Crippen LogP contribution in [-0.2, 0) is 9.47 Å². The number of rotatable bonds is 1. The predicted octanol–water partition coefficient (Wildman–Crippen LogP) is 2.06. The first-order valence-electron chi connectivity index (χ1n) is 7.05. The van der Waals surface area contributed by atoms with Gasteiger partial charge < -0.3 is 9.47 Å². The van der Waals surface area contributed by atoms with E-state index in [4.69, 9.17) is 9.47 Å². The fourth-order valence-corrected chi connectivity index (χ4v) is 3.25. The molecule has 0 saturated carbocycles. The zero-order valence-corrected chi connectivity index (χ0v) is 11.2. The van der Waals surface area contributed by atoms with Crippen molar-refractivity contribution in [2.75, 3.05) is 32.9 Å². The molecule has 3 saturated heterocycles. The summed E-state index contributed by atoms with van der Waals surface area (Å²) in [6.45, 7) is 9.83. The van der Waals surface area contributed by atoms with Crippen LogP contribution in [0.5, 0.6) is 0 Å². The van der Waals surface area contributed by atoms with E-state index in [2.05, 4.69) is 18.7 Å². The molecule has 1 spiro atoms. The maximum absolute atomic E-state index is 6.05. The molecule has 0 radical (unpaired) electrons. The molecule has 0 aromatic carbocycles. The summed E-state index contributed by atoms with van der Waals surface area (Å²) in [5.74, 6) is 0. The molecule has 3 rings (SSSR count). The standard InChI is InChI=1S/C14H25NO2/c1-13(2)3-4-14(11-17-13)5-7-15(8-6-14)12-9-16-10-12/h12H,3-11H2,1-2H3. The van der Waals surface area contributed by atoms with Crippen molar-refractivity contribution in [1.82, 2.24) is 4.90 Å². The Morgan fingerprint density at radius 2 is 1.71 bits per heavy atom. The van der Waals surface area contributed by atoms with E-state index in [0.717, 1.165) is 19.8 Å². The van der Waals surface area contributed by atoms with Gasteiger partial charge in [-0.2, -0.15) is 0 Å². The van der Waals surface area contributed by atoms with Crippen molar-refractivity contribution in [2.45, 2.75) is 51.2 Å². The maximum atomic E-state index is 6.05. The summed E-state index contributed by atoms with van der Waals surface area (Å²) in [6.07, 6.45) is 5.22. The number of ether oxygens (including phenoxy) is 2. The third kappa shape index (κ3) is 2.38. The number of piperidine rings is 1. The molecule has 3 fully saturated rings. The lowest BCUT2D eigenvalue weighted by Gasteiger charge is -2.50. The lowest BCUT2D eigenvalue weighted by molar-refractivity contribution is -0.142. The first-order valence-corrected chi connectivity index (χ1v) is 7.05. The number of hydrogen-bond acceptors (Lipinski definition) is 3. The van der Waals surface area contributed by atoms with Crippen molar-refractivity contribution in [3.63, 3.8) is 0 Å². The van der Waals surface area contributed by atoms with Crippen LogP contribution >= 0.6 is 0 Å². The Morgan fingerprint density at radius 1 is 1.00 bits per heavy atom. The van der Waals surface area contributed by atoms with Crippen LogP contribution in [0.25, 0.3) is 0 Å². The van der Waals surface area contributed by atoms with Crippen molar-refractivity contribution >= 4 is 0 Å². The molecular formula is C14H25NO2. The van der Waals surface area contributed by atoms with Gasteiger partial charge in [-0.15, -0.1) is 0 Å². The average molecular weight is 239 g/mol. The van der Waals surface area contributed by atoms with Crippen LogP contribution < -0.4 is 0 Å². The molecule has 98 valence electrons. The van der Waals surface area contributed by atoms with Crippen LogP contribution in [0.15, 0.2) is 0 Å². The van der Waals surface area contributed by atoms with Gasteiger partial charge in [0.05, 0.1) is 31.5 Å². The van der Waals surface area contributed by atoms with E-state index in [1.807, 2.05) is 0 Å². The highest BCUT2D eigenvalue weighted by molar-refractivity contribution is 4.93. The van der Waals surface area contributed by atoms with Crippen LogP contribution in [-0.4, -0.2) is 49.5 Å². The van der Waals surface area contributed by atoms with E-state index in [1.165, 1.54) is 38.8 Å². The molecule has 0 aliphatic carbocycles. The average Bonchev–Trinajstić information content (AvgIpc) is 2.24. The third-order valence-corrected chi connectivity index (χ3v) is 5.02. The lowest BCUT2D eigenvalue weighted by Crippen LogP contribution is -2.55. The summed E-state index contributed by atoms with van der Waals surface area (Å²) in [6, 6.07) is 0.716. The van der Waals surface area contributed by atoms with Gasteiger partial charge >= 0.3 is 0 Å². The fraction of sp³-hybridized carbons (Fsp3) is 1.00. The first kappa shape index (κ1) is 11.9. The van der Waals surface area contributed by atoms with Gasteiger partial charge in [0.25, 0.3) is 0 Å². The van der Waals surface area contributed by atoms with Crippen LogP contribution in [0.3, 0.4) is 0 Å². The largest absolute Gasteiger partial charge is 0.378 e. The molecule has 0 amide bonds. The molecule has 0 aromatic rings. The first-order chi connectivity index (χ1) is 8.09. The van der Waals surface area contributed by atoms with Gasteiger partial charge in [0.2, 0.25) is 0 Å². The Morgan fingerprint density at radius 3 is 2.18 bits per heavy atom.